The lowest BCUT2D eigenvalue weighted by Crippen LogP contribution is -2.42. The van der Waals surface area contributed by atoms with Gasteiger partial charge in [0.15, 0.2) is 0 Å². The number of nitrogens with zero attached hydrogens (tertiary/aromatic N) is 2. The van der Waals surface area contributed by atoms with Crippen LogP contribution in [0, 0.1) is 5.92 Å². The van der Waals surface area contributed by atoms with Crippen molar-refractivity contribution < 1.29 is 5.11 Å². The molecule has 4 nitrogen and oxygen atoms in total. The maximum Gasteiger partial charge on any atom is 0.125 e. The summed E-state index contributed by atoms with van der Waals surface area (Å²) in [7, 11) is 2.08. The Balaban J connectivity index is 1.40. The van der Waals surface area contributed by atoms with Crippen LogP contribution >= 0.6 is 0 Å². The molecule has 2 aromatic rings. The molecule has 0 bridgehead atoms. The Labute approximate surface area is 163 Å². The van der Waals surface area contributed by atoms with Gasteiger partial charge in [0.05, 0.1) is 11.6 Å². The standard InChI is InChI=1S/C23H33N3O/c1-16(2)17-6-8-19(9-7-17)23(27)12-10-20(11-13-23)25-21(18-4-5-18)22-24-14-15-26(22)3/h6-9,14-16,18,20-21,25,27H,4-5,10-13H2,1-3H3. The summed E-state index contributed by atoms with van der Waals surface area (Å²) in [5.41, 5.74) is 1.74. The van der Waals surface area contributed by atoms with Gasteiger partial charge in [0.2, 0.25) is 0 Å². The number of aliphatic hydroxyl groups is 1. The summed E-state index contributed by atoms with van der Waals surface area (Å²) in [4.78, 5) is 4.59. The SMILES string of the molecule is CC(C)c1ccc(C2(O)CCC(NC(c3nccn3C)C3CC3)CC2)cc1. The van der Waals surface area contributed by atoms with Gasteiger partial charge in [-0.3, -0.25) is 0 Å². The first-order chi connectivity index (χ1) is 13.0. The summed E-state index contributed by atoms with van der Waals surface area (Å²) in [6.07, 6.45) is 10.2. The van der Waals surface area contributed by atoms with Crippen molar-refractivity contribution in [1.29, 1.82) is 0 Å². The lowest BCUT2D eigenvalue weighted by atomic mass is 9.77. The second-order valence-corrected chi connectivity index (χ2v) is 8.96. The van der Waals surface area contributed by atoms with E-state index in [2.05, 4.69) is 60.0 Å². The molecule has 1 heterocycles. The summed E-state index contributed by atoms with van der Waals surface area (Å²) in [5.74, 6) is 2.40. The molecule has 0 aliphatic heterocycles. The highest BCUT2D eigenvalue weighted by Crippen LogP contribution is 2.43. The van der Waals surface area contributed by atoms with E-state index >= 15 is 0 Å². The Morgan fingerprint density at radius 2 is 1.78 bits per heavy atom. The molecule has 146 valence electrons. The third-order valence-electron chi connectivity index (χ3n) is 6.57. The van der Waals surface area contributed by atoms with Crippen molar-refractivity contribution >= 4 is 0 Å². The van der Waals surface area contributed by atoms with E-state index in [0.717, 1.165) is 43.0 Å². The van der Waals surface area contributed by atoms with Gasteiger partial charge < -0.3 is 15.0 Å². The molecule has 2 fully saturated rings. The molecule has 0 spiro atoms. The van der Waals surface area contributed by atoms with Gasteiger partial charge in [0, 0.05) is 25.5 Å². The van der Waals surface area contributed by atoms with Gasteiger partial charge in [-0.05, 0) is 61.5 Å². The van der Waals surface area contributed by atoms with Crippen molar-refractivity contribution in [3.63, 3.8) is 0 Å². The normalized spacial score (nSPS) is 27.1. The van der Waals surface area contributed by atoms with Gasteiger partial charge in [-0.1, -0.05) is 38.1 Å². The number of aryl methyl sites for hydroxylation is 1. The zero-order chi connectivity index (χ0) is 19.0. The average molecular weight is 368 g/mol. The molecule has 2 saturated carbocycles. The Morgan fingerprint density at radius 3 is 2.30 bits per heavy atom. The number of aromatic nitrogens is 2. The second-order valence-electron chi connectivity index (χ2n) is 8.96. The van der Waals surface area contributed by atoms with Crippen LogP contribution in [0.15, 0.2) is 36.7 Å². The smallest absolute Gasteiger partial charge is 0.125 e. The summed E-state index contributed by atoms with van der Waals surface area (Å²) < 4.78 is 2.14. The van der Waals surface area contributed by atoms with Crippen LogP contribution in [-0.4, -0.2) is 20.7 Å². The molecule has 27 heavy (non-hydrogen) atoms. The lowest BCUT2D eigenvalue weighted by molar-refractivity contribution is -0.00981. The highest BCUT2D eigenvalue weighted by atomic mass is 16.3. The molecule has 1 aromatic carbocycles. The van der Waals surface area contributed by atoms with Crippen molar-refractivity contribution in [2.24, 2.45) is 13.0 Å². The fourth-order valence-corrected chi connectivity index (χ4v) is 4.51. The molecule has 1 unspecified atom stereocenters. The fraction of sp³-hybridized carbons (Fsp3) is 0.609. The van der Waals surface area contributed by atoms with Crippen LogP contribution in [0.25, 0.3) is 0 Å². The van der Waals surface area contributed by atoms with Crippen LogP contribution in [0.4, 0.5) is 0 Å². The van der Waals surface area contributed by atoms with E-state index in [1.54, 1.807) is 0 Å². The monoisotopic (exact) mass is 367 g/mol. The number of imidazole rings is 1. The quantitative estimate of drug-likeness (QED) is 0.795. The number of rotatable bonds is 6. The predicted molar refractivity (Wildman–Crippen MR) is 108 cm³/mol. The Hall–Kier alpha value is -1.65. The molecule has 4 rings (SSSR count). The predicted octanol–water partition coefficient (Wildman–Crippen LogP) is 4.41. The van der Waals surface area contributed by atoms with Crippen LogP contribution in [-0.2, 0) is 12.6 Å². The zero-order valence-electron chi connectivity index (χ0n) is 16.9. The molecule has 0 radical (unpaired) electrons. The van der Waals surface area contributed by atoms with Crippen LogP contribution in [0.5, 0.6) is 0 Å². The van der Waals surface area contributed by atoms with Gasteiger partial charge in [-0.15, -0.1) is 0 Å². The van der Waals surface area contributed by atoms with Crippen LogP contribution in [0.3, 0.4) is 0 Å². The van der Waals surface area contributed by atoms with Crippen molar-refractivity contribution in [3.05, 3.63) is 53.6 Å². The minimum Gasteiger partial charge on any atom is -0.385 e. The van der Waals surface area contributed by atoms with Gasteiger partial charge in [-0.2, -0.15) is 0 Å². The van der Waals surface area contributed by atoms with E-state index < -0.39 is 5.60 Å². The van der Waals surface area contributed by atoms with Crippen molar-refractivity contribution in [2.45, 2.75) is 76.0 Å². The second kappa shape index (κ2) is 7.40. The molecule has 0 amide bonds. The molecule has 2 aliphatic rings. The van der Waals surface area contributed by atoms with E-state index in [1.165, 1.54) is 18.4 Å². The molecule has 2 aliphatic carbocycles. The third-order valence-corrected chi connectivity index (χ3v) is 6.57. The first kappa shape index (κ1) is 18.7. The molecular weight excluding hydrogens is 334 g/mol. The molecular formula is C23H33N3O. The number of hydrogen-bond donors (Lipinski definition) is 2. The molecule has 1 atom stereocenters. The first-order valence-electron chi connectivity index (χ1n) is 10.5. The molecule has 0 saturated heterocycles. The van der Waals surface area contributed by atoms with E-state index in [1.807, 2.05) is 12.4 Å². The van der Waals surface area contributed by atoms with E-state index in [0.29, 0.717) is 18.0 Å². The fourth-order valence-electron chi connectivity index (χ4n) is 4.51. The topological polar surface area (TPSA) is 50.1 Å². The van der Waals surface area contributed by atoms with Crippen LogP contribution < -0.4 is 5.32 Å². The Kier molecular flexibility index (Phi) is 5.13. The van der Waals surface area contributed by atoms with E-state index in [4.69, 9.17) is 0 Å². The number of hydrogen-bond acceptors (Lipinski definition) is 3. The van der Waals surface area contributed by atoms with E-state index in [9.17, 15) is 5.11 Å². The number of benzene rings is 1. The van der Waals surface area contributed by atoms with Crippen molar-refractivity contribution in [1.82, 2.24) is 14.9 Å². The van der Waals surface area contributed by atoms with Gasteiger partial charge in [0.1, 0.15) is 5.82 Å². The summed E-state index contributed by atoms with van der Waals surface area (Å²) in [6.45, 7) is 4.41. The van der Waals surface area contributed by atoms with Gasteiger partial charge in [-0.25, -0.2) is 4.98 Å². The summed E-state index contributed by atoms with van der Waals surface area (Å²) in [6, 6.07) is 9.42. The molecule has 1 aromatic heterocycles. The highest BCUT2D eigenvalue weighted by molar-refractivity contribution is 5.29. The van der Waals surface area contributed by atoms with E-state index in [-0.39, 0.29) is 0 Å². The van der Waals surface area contributed by atoms with Crippen LogP contribution in [0.2, 0.25) is 0 Å². The van der Waals surface area contributed by atoms with Gasteiger partial charge in [0.25, 0.3) is 0 Å². The average Bonchev–Trinajstić information content (AvgIpc) is 3.42. The first-order valence-corrected chi connectivity index (χ1v) is 10.5. The maximum absolute atomic E-state index is 11.2. The Morgan fingerprint density at radius 1 is 1.11 bits per heavy atom. The van der Waals surface area contributed by atoms with Gasteiger partial charge >= 0.3 is 0 Å². The maximum atomic E-state index is 11.2. The Bertz CT molecular complexity index is 752. The summed E-state index contributed by atoms with van der Waals surface area (Å²) >= 11 is 0. The highest BCUT2D eigenvalue weighted by Gasteiger charge is 2.39. The molecule has 4 heteroatoms. The molecule has 2 N–H and O–H groups in total. The lowest BCUT2D eigenvalue weighted by Gasteiger charge is -2.38. The number of nitrogens with one attached hydrogen (secondary N) is 1. The zero-order valence-corrected chi connectivity index (χ0v) is 16.9. The van der Waals surface area contributed by atoms with Crippen LogP contribution in [0.1, 0.15) is 81.3 Å². The largest absolute Gasteiger partial charge is 0.385 e. The third kappa shape index (κ3) is 3.97. The minimum absolute atomic E-state index is 0.353. The minimum atomic E-state index is -0.675. The summed E-state index contributed by atoms with van der Waals surface area (Å²) in [5, 5.41) is 15.1. The van der Waals surface area contributed by atoms with Crippen molar-refractivity contribution in [2.75, 3.05) is 0 Å². The van der Waals surface area contributed by atoms with Crippen molar-refractivity contribution in [3.8, 4) is 0 Å².